The highest BCUT2D eigenvalue weighted by Gasteiger charge is 2.14. The van der Waals surface area contributed by atoms with E-state index in [2.05, 4.69) is 11.6 Å². The summed E-state index contributed by atoms with van der Waals surface area (Å²) in [7, 11) is 0. The molecular weight excluding hydrogens is 352 g/mol. The fraction of sp³-hybridized carbons (Fsp3) is 0.0870. The summed E-state index contributed by atoms with van der Waals surface area (Å²) in [6.45, 7) is 5.47. The van der Waals surface area contributed by atoms with Crippen LogP contribution in [0.4, 0.5) is 0 Å². The summed E-state index contributed by atoms with van der Waals surface area (Å²) >= 11 is 0. The minimum atomic E-state index is -0.619. The third-order valence-electron chi connectivity index (χ3n) is 4.19. The van der Waals surface area contributed by atoms with Crippen LogP contribution < -0.4 is 10.5 Å². The molecule has 0 aliphatic carbocycles. The molecule has 140 valence electrons. The maximum Gasteiger partial charge on any atom is 0.254 e. The summed E-state index contributed by atoms with van der Waals surface area (Å²) in [5, 5.41) is 0. The van der Waals surface area contributed by atoms with Gasteiger partial charge in [0.05, 0.1) is 5.69 Å². The Morgan fingerprint density at radius 2 is 1.86 bits per heavy atom. The molecule has 0 atom stereocenters. The second-order valence-corrected chi connectivity index (χ2v) is 6.38. The molecule has 0 radical (unpaired) electrons. The Hall–Kier alpha value is -3.73. The lowest BCUT2D eigenvalue weighted by molar-refractivity contribution is -0.114. The molecule has 5 nitrogen and oxygen atoms in total. The lowest BCUT2D eigenvalue weighted by atomic mass is 10.0. The Morgan fingerprint density at radius 1 is 1.11 bits per heavy atom. The normalized spacial score (nSPS) is 10.3. The van der Waals surface area contributed by atoms with Crippen LogP contribution in [0.2, 0.25) is 0 Å². The van der Waals surface area contributed by atoms with E-state index < -0.39 is 5.91 Å². The number of aromatic nitrogens is 1. The maximum atomic E-state index is 11.8. The van der Waals surface area contributed by atoms with E-state index in [0.717, 1.165) is 16.7 Å². The van der Waals surface area contributed by atoms with Crippen LogP contribution in [0.25, 0.3) is 11.3 Å². The predicted octanol–water partition coefficient (Wildman–Crippen LogP) is 4.25. The van der Waals surface area contributed by atoms with E-state index in [9.17, 15) is 9.59 Å². The number of pyridine rings is 1. The molecule has 0 spiro atoms. The molecule has 28 heavy (non-hydrogen) atoms. The number of ether oxygens (including phenoxy) is 1. The molecule has 1 heterocycles. The number of nitrogens with two attached hydrogens (primary N) is 1. The van der Waals surface area contributed by atoms with Crippen LogP contribution in [0, 0.1) is 6.92 Å². The second kappa shape index (κ2) is 8.31. The van der Waals surface area contributed by atoms with Crippen molar-refractivity contribution in [1.82, 2.24) is 4.98 Å². The van der Waals surface area contributed by atoms with E-state index in [1.165, 1.54) is 6.08 Å². The molecule has 5 heteroatoms. The summed E-state index contributed by atoms with van der Waals surface area (Å²) in [6, 6.07) is 18.2. The minimum Gasteiger partial charge on any atom is -0.438 e. The standard InChI is InChI=1S/C23H20N2O3/c1-3-18(26)14-16-5-4-6-17(13-16)21-12-11-20(22(24)27)23(25-21)28-19-9-7-15(2)8-10-19/h3-13H,1,14H2,2H3,(H2,24,27). The summed E-state index contributed by atoms with van der Waals surface area (Å²) in [5.41, 5.74) is 9.03. The van der Waals surface area contributed by atoms with Gasteiger partial charge in [0.1, 0.15) is 11.3 Å². The van der Waals surface area contributed by atoms with Gasteiger partial charge in [-0.1, -0.05) is 42.5 Å². The smallest absolute Gasteiger partial charge is 0.254 e. The number of primary amides is 1. The van der Waals surface area contributed by atoms with Crippen molar-refractivity contribution in [3.05, 3.63) is 90.0 Å². The highest BCUT2D eigenvalue weighted by molar-refractivity contribution is 5.95. The monoisotopic (exact) mass is 372 g/mol. The third kappa shape index (κ3) is 4.51. The number of allylic oxidation sites excluding steroid dienone is 1. The van der Waals surface area contributed by atoms with Crippen LogP contribution in [0.3, 0.4) is 0 Å². The van der Waals surface area contributed by atoms with Crippen LogP contribution >= 0.6 is 0 Å². The Bertz CT molecular complexity index is 1040. The van der Waals surface area contributed by atoms with Crippen LogP contribution in [-0.4, -0.2) is 16.7 Å². The zero-order valence-corrected chi connectivity index (χ0v) is 15.5. The molecule has 2 aromatic carbocycles. The molecule has 0 unspecified atom stereocenters. The van der Waals surface area contributed by atoms with Gasteiger partial charge in [0.2, 0.25) is 5.88 Å². The molecule has 0 saturated heterocycles. The van der Waals surface area contributed by atoms with Gasteiger partial charge in [0, 0.05) is 12.0 Å². The predicted molar refractivity (Wildman–Crippen MR) is 108 cm³/mol. The van der Waals surface area contributed by atoms with E-state index in [4.69, 9.17) is 10.5 Å². The number of carbonyl (C=O) groups is 2. The van der Waals surface area contributed by atoms with Gasteiger partial charge >= 0.3 is 0 Å². The van der Waals surface area contributed by atoms with Crippen molar-refractivity contribution in [2.45, 2.75) is 13.3 Å². The van der Waals surface area contributed by atoms with Gasteiger partial charge in [-0.15, -0.1) is 0 Å². The van der Waals surface area contributed by atoms with Gasteiger partial charge in [0.25, 0.3) is 5.91 Å². The lowest BCUT2D eigenvalue weighted by Crippen LogP contribution is -2.13. The van der Waals surface area contributed by atoms with Gasteiger partial charge in [0.15, 0.2) is 5.78 Å². The van der Waals surface area contributed by atoms with Crippen molar-refractivity contribution >= 4 is 11.7 Å². The molecule has 0 bridgehead atoms. The number of carbonyl (C=O) groups excluding carboxylic acids is 2. The van der Waals surface area contributed by atoms with Crippen molar-refractivity contribution in [3.63, 3.8) is 0 Å². The molecule has 3 aromatic rings. The third-order valence-corrected chi connectivity index (χ3v) is 4.19. The number of hydrogen-bond donors (Lipinski definition) is 1. The van der Waals surface area contributed by atoms with Gasteiger partial charge in [-0.25, -0.2) is 4.98 Å². The molecule has 0 saturated carbocycles. The van der Waals surface area contributed by atoms with Crippen LogP contribution in [-0.2, 0) is 11.2 Å². The fourth-order valence-corrected chi connectivity index (χ4v) is 2.70. The van der Waals surface area contributed by atoms with Gasteiger partial charge in [-0.2, -0.15) is 0 Å². The number of ketones is 1. The topological polar surface area (TPSA) is 82.3 Å². The van der Waals surface area contributed by atoms with Gasteiger partial charge in [-0.3, -0.25) is 9.59 Å². The summed E-state index contributed by atoms with van der Waals surface area (Å²) in [6.07, 6.45) is 1.57. The summed E-state index contributed by atoms with van der Waals surface area (Å²) in [5.74, 6) is 0.0218. The van der Waals surface area contributed by atoms with Crippen LogP contribution in [0.5, 0.6) is 11.6 Å². The van der Waals surface area contributed by atoms with Gasteiger partial charge in [-0.05, 0) is 48.9 Å². The number of hydrogen-bond acceptors (Lipinski definition) is 4. The number of benzene rings is 2. The molecule has 3 rings (SSSR count). The Morgan fingerprint density at radius 3 is 2.54 bits per heavy atom. The van der Waals surface area contributed by atoms with E-state index in [1.807, 2.05) is 43.3 Å². The average molecular weight is 372 g/mol. The quantitative estimate of drug-likeness (QED) is 0.629. The molecular formula is C23H20N2O3. The average Bonchev–Trinajstić information content (AvgIpc) is 2.69. The SMILES string of the molecule is C=CC(=O)Cc1cccc(-c2ccc(C(N)=O)c(Oc3ccc(C)cc3)n2)c1. The number of amides is 1. The van der Waals surface area contributed by atoms with Gasteiger partial charge < -0.3 is 10.5 Å². The second-order valence-electron chi connectivity index (χ2n) is 6.38. The lowest BCUT2D eigenvalue weighted by Gasteiger charge is -2.11. The Balaban J connectivity index is 1.97. The van der Waals surface area contributed by atoms with Crippen LogP contribution in [0.1, 0.15) is 21.5 Å². The van der Waals surface area contributed by atoms with E-state index in [1.54, 1.807) is 24.3 Å². The zero-order chi connectivity index (χ0) is 20.1. The fourth-order valence-electron chi connectivity index (χ4n) is 2.70. The number of aryl methyl sites for hydroxylation is 1. The maximum absolute atomic E-state index is 11.8. The first-order valence-electron chi connectivity index (χ1n) is 8.76. The summed E-state index contributed by atoms with van der Waals surface area (Å²) in [4.78, 5) is 27.9. The number of rotatable bonds is 7. The molecule has 1 aromatic heterocycles. The first-order chi connectivity index (χ1) is 13.5. The largest absolute Gasteiger partial charge is 0.438 e. The van der Waals surface area contributed by atoms with Crippen molar-refractivity contribution in [2.24, 2.45) is 5.73 Å². The molecule has 0 fully saturated rings. The minimum absolute atomic E-state index is 0.0578. The van der Waals surface area contributed by atoms with Crippen LogP contribution in [0.15, 0.2) is 73.3 Å². The van der Waals surface area contributed by atoms with Crippen molar-refractivity contribution in [3.8, 4) is 22.9 Å². The highest BCUT2D eigenvalue weighted by atomic mass is 16.5. The Kier molecular flexibility index (Phi) is 5.65. The van der Waals surface area contributed by atoms with Crippen molar-refractivity contribution in [2.75, 3.05) is 0 Å². The highest BCUT2D eigenvalue weighted by Crippen LogP contribution is 2.28. The van der Waals surface area contributed by atoms with Crippen molar-refractivity contribution in [1.29, 1.82) is 0 Å². The van der Waals surface area contributed by atoms with E-state index in [-0.39, 0.29) is 23.6 Å². The molecule has 2 N–H and O–H groups in total. The number of nitrogens with zero attached hydrogens (tertiary/aromatic N) is 1. The summed E-state index contributed by atoms with van der Waals surface area (Å²) < 4.78 is 5.82. The Labute approximate surface area is 163 Å². The molecule has 0 aliphatic rings. The molecule has 0 aliphatic heterocycles. The van der Waals surface area contributed by atoms with Crippen molar-refractivity contribution < 1.29 is 14.3 Å². The van der Waals surface area contributed by atoms with E-state index >= 15 is 0 Å². The molecule has 1 amide bonds. The zero-order valence-electron chi connectivity index (χ0n) is 15.5. The first kappa shape index (κ1) is 19.0. The van der Waals surface area contributed by atoms with E-state index in [0.29, 0.717) is 11.4 Å². The first-order valence-corrected chi connectivity index (χ1v) is 8.76.